The topological polar surface area (TPSA) is 79.3 Å². The maximum Gasteiger partial charge on any atom is 0.321 e. The molecule has 1 fully saturated rings. The van der Waals surface area contributed by atoms with Crippen LogP contribution in [-0.2, 0) is 11.3 Å². The predicted molar refractivity (Wildman–Crippen MR) is 97.2 cm³/mol. The summed E-state index contributed by atoms with van der Waals surface area (Å²) < 4.78 is 2.08. The molecule has 7 heteroatoms. The fraction of sp³-hybridized carbons (Fsp3) is 0.722. The molecule has 1 saturated heterocycles. The molecule has 2 heterocycles. The highest BCUT2D eigenvalue weighted by Gasteiger charge is 2.22. The van der Waals surface area contributed by atoms with E-state index in [1.807, 2.05) is 20.8 Å². The normalized spacial score (nSPS) is 16.2. The van der Waals surface area contributed by atoms with Gasteiger partial charge in [-0.05, 0) is 57.7 Å². The lowest BCUT2D eigenvalue weighted by atomic mass is 9.97. The van der Waals surface area contributed by atoms with Crippen molar-refractivity contribution in [1.82, 2.24) is 25.3 Å². The molecular formula is C18H31N5O2. The van der Waals surface area contributed by atoms with Crippen LogP contribution in [0.5, 0.6) is 0 Å². The summed E-state index contributed by atoms with van der Waals surface area (Å²) in [6.45, 7) is 11.7. The maximum atomic E-state index is 12.0. The van der Waals surface area contributed by atoms with Crippen molar-refractivity contribution in [3.8, 4) is 0 Å². The second kappa shape index (κ2) is 8.99. The molecule has 7 nitrogen and oxygen atoms in total. The van der Waals surface area contributed by atoms with Crippen LogP contribution < -0.4 is 10.6 Å². The Balaban J connectivity index is 1.68. The van der Waals surface area contributed by atoms with E-state index in [2.05, 4.69) is 38.3 Å². The van der Waals surface area contributed by atoms with Crippen LogP contribution in [-0.4, -0.2) is 52.8 Å². The fourth-order valence-corrected chi connectivity index (χ4v) is 3.14. The third-order valence-electron chi connectivity index (χ3n) is 4.53. The molecule has 2 rings (SSSR count). The molecule has 3 amide bonds. The smallest absolute Gasteiger partial charge is 0.321 e. The molecule has 1 aliphatic heterocycles. The first kappa shape index (κ1) is 19.4. The van der Waals surface area contributed by atoms with Crippen LogP contribution >= 0.6 is 0 Å². The van der Waals surface area contributed by atoms with Gasteiger partial charge in [0.1, 0.15) is 0 Å². The number of rotatable bonds is 6. The van der Waals surface area contributed by atoms with Crippen molar-refractivity contribution in [2.75, 3.05) is 26.2 Å². The number of nitrogens with zero attached hydrogens (tertiary/aromatic N) is 3. The zero-order valence-corrected chi connectivity index (χ0v) is 15.8. The van der Waals surface area contributed by atoms with Gasteiger partial charge in [-0.2, -0.15) is 5.10 Å². The van der Waals surface area contributed by atoms with Gasteiger partial charge < -0.3 is 5.32 Å². The second-order valence-corrected chi connectivity index (χ2v) is 7.48. The van der Waals surface area contributed by atoms with Crippen molar-refractivity contribution in [2.24, 2.45) is 11.8 Å². The van der Waals surface area contributed by atoms with Crippen LogP contribution in [0, 0.1) is 25.7 Å². The Morgan fingerprint density at radius 2 is 1.96 bits per heavy atom. The van der Waals surface area contributed by atoms with Gasteiger partial charge in [0.15, 0.2) is 0 Å². The minimum atomic E-state index is -0.405. The Hall–Kier alpha value is -1.89. The van der Waals surface area contributed by atoms with Crippen molar-refractivity contribution in [3.63, 3.8) is 0 Å². The highest BCUT2D eigenvalue weighted by Crippen LogP contribution is 2.19. The van der Waals surface area contributed by atoms with E-state index in [9.17, 15) is 9.59 Å². The van der Waals surface area contributed by atoms with Crippen LogP contribution in [0.4, 0.5) is 4.79 Å². The number of amides is 3. The lowest BCUT2D eigenvalue weighted by Gasteiger charge is -2.31. The summed E-state index contributed by atoms with van der Waals surface area (Å²) in [7, 11) is 0. The quantitative estimate of drug-likeness (QED) is 0.819. The van der Waals surface area contributed by atoms with Gasteiger partial charge in [0, 0.05) is 18.8 Å². The van der Waals surface area contributed by atoms with Crippen LogP contribution in [0.15, 0.2) is 6.07 Å². The molecule has 140 valence electrons. The molecule has 0 unspecified atom stereocenters. The molecule has 0 atom stereocenters. The van der Waals surface area contributed by atoms with Crippen molar-refractivity contribution >= 4 is 11.9 Å². The number of nitrogens with one attached hydrogen (secondary N) is 2. The standard InChI is InChI=1S/C18H31N5O2/c1-13(2)10-19-18(25)20-17(24)12-22-7-5-16(6-8-22)11-23-15(4)9-14(3)21-23/h9,13,16H,5-8,10-12H2,1-4H3,(H2,19,20,24,25). The fourth-order valence-electron chi connectivity index (χ4n) is 3.14. The molecule has 1 aromatic rings. The van der Waals surface area contributed by atoms with Gasteiger partial charge in [-0.1, -0.05) is 13.8 Å². The van der Waals surface area contributed by atoms with Gasteiger partial charge in [-0.25, -0.2) is 4.79 Å². The largest absolute Gasteiger partial charge is 0.338 e. The zero-order chi connectivity index (χ0) is 18.4. The van der Waals surface area contributed by atoms with E-state index < -0.39 is 6.03 Å². The van der Waals surface area contributed by atoms with Crippen LogP contribution in [0.2, 0.25) is 0 Å². The van der Waals surface area contributed by atoms with Gasteiger partial charge in [0.2, 0.25) is 5.91 Å². The summed E-state index contributed by atoms with van der Waals surface area (Å²) in [5.41, 5.74) is 2.26. The Kier molecular flexibility index (Phi) is 6.99. The first-order chi connectivity index (χ1) is 11.8. The molecule has 2 N–H and O–H groups in total. The molecule has 0 aliphatic carbocycles. The number of aryl methyl sites for hydroxylation is 2. The summed E-state index contributed by atoms with van der Waals surface area (Å²) in [4.78, 5) is 25.7. The Bertz CT molecular complexity index is 588. The highest BCUT2D eigenvalue weighted by atomic mass is 16.2. The lowest BCUT2D eigenvalue weighted by molar-refractivity contribution is -0.121. The van der Waals surface area contributed by atoms with Crippen molar-refractivity contribution in [1.29, 1.82) is 0 Å². The Morgan fingerprint density at radius 1 is 1.28 bits per heavy atom. The molecule has 0 bridgehead atoms. The van der Waals surface area contributed by atoms with Gasteiger partial charge >= 0.3 is 6.03 Å². The van der Waals surface area contributed by atoms with E-state index in [0.717, 1.165) is 38.2 Å². The first-order valence-electron chi connectivity index (χ1n) is 9.14. The third-order valence-corrected chi connectivity index (χ3v) is 4.53. The van der Waals surface area contributed by atoms with E-state index in [0.29, 0.717) is 18.4 Å². The van der Waals surface area contributed by atoms with Crippen molar-refractivity contribution < 1.29 is 9.59 Å². The number of urea groups is 1. The molecule has 1 aromatic heterocycles. The molecule has 25 heavy (non-hydrogen) atoms. The second-order valence-electron chi connectivity index (χ2n) is 7.48. The number of imide groups is 1. The monoisotopic (exact) mass is 349 g/mol. The minimum absolute atomic E-state index is 0.238. The number of carbonyl (C=O) groups excluding carboxylic acids is 2. The van der Waals surface area contributed by atoms with E-state index >= 15 is 0 Å². The summed E-state index contributed by atoms with van der Waals surface area (Å²) in [5, 5.41) is 9.62. The summed E-state index contributed by atoms with van der Waals surface area (Å²) in [6, 6.07) is 1.70. The zero-order valence-electron chi connectivity index (χ0n) is 15.8. The number of carbonyl (C=O) groups is 2. The van der Waals surface area contributed by atoms with Crippen molar-refractivity contribution in [3.05, 3.63) is 17.5 Å². The summed E-state index contributed by atoms with van der Waals surface area (Å²) in [5.74, 6) is 0.715. The van der Waals surface area contributed by atoms with E-state index in [4.69, 9.17) is 0 Å². The van der Waals surface area contributed by atoms with Crippen molar-refractivity contribution in [2.45, 2.75) is 47.1 Å². The average Bonchev–Trinajstić information content (AvgIpc) is 2.84. The predicted octanol–water partition coefficient (Wildman–Crippen LogP) is 1.69. The summed E-state index contributed by atoms with van der Waals surface area (Å²) in [6.07, 6.45) is 2.09. The minimum Gasteiger partial charge on any atom is -0.338 e. The lowest BCUT2D eigenvalue weighted by Crippen LogP contribution is -2.47. The van der Waals surface area contributed by atoms with E-state index in [1.165, 1.54) is 5.69 Å². The number of piperidine rings is 1. The number of aromatic nitrogens is 2. The number of likely N-dealkylation sites (tertiary alicyclic amines) is 1. The third kappa shape index (κ3) is 6.49. The SMILES string of the molecule is Cc1cc(C)n(CC2CCN(CC(=O)NC(=O)NCC(C)C)CC2)n1. The molecule has 0 radical (unpaired) electrons. The Morgan fingerprint density at radius 3 is 2.52 bits per heavy atom. The number of hydrogen-bond acceptors (Lipinski definition) is 4. The maximum absolute atomic E-state index is 12.0. The van der Waals surface area contributed by atoms with Crippen LogP contribution in [0.3, 0.4) is 0 Å². The highest BCUT2D eigenvalue weighted by molar-refractivity contribution is 5.95. The van der Waals surface area contributed by atoms with Crippen LogP contribution in [0.25, 0.3) is 0 Å². The molecule has 1 aliphatic rings. The van der Waals surface area contributed by atoms with Crippen LogP contribution in [0.1, 0.15) is 38.1 Å². The molecule has 0 aromatic carbocycles. The molecular weight excluding hydrogens is 318 g/mol. The van der Waals surface area contributed by atoms with Gasteiger partial charge in [-0.3, -0.25) is 19.7 Å². The summed E-state index contributed by atoms with van der Waals surface area (Å²) >= 11 is 0. The van der Waals surface area contributed by atoms with Gasteiger partial charge in [0.25, 0.3) is 0 Å². The molecule has 0 saturated carbocycles. The van der Waals surface area contributed by atoms with E-state index in [1.54, 1.807) is 0 Å². The number of hydrogen-bond donors (Lipinski definition) is 2. The Labute approximate surface area is 150 Å². The van der Waals surface area contributed by atoms with Gasteiger partial charge in [0.05, 0.1) is 12.2 Å². The molecule has 0 spiro atoms. The van der Waals surface area contributed by atoms with Gasteiger partial charge in [-0.15, -0.1) is 0 Å². The van der Waals surface area contributed by atoms with E-state index in [-0.39, 0.29) is 12.5 Å². The first-order valence-corrected chi connectivity index (χ1v) is 9.14. The average molecular weight is 349 g/mol.